The van der Waals surface area contributed by atoms with E-state index in [1.165, 1.54) is 35.5 Å². The average Bonchev–Trinajstić information content (AvgIpc) is 3.42. The van der Waals surface area contributed by atoms with Crippen LogP contribution in [0.3, 0.4) is 0 Å². The summed E-state index contributed by atoms with van der Waals surface area (Å²) in [6.07, 6.45) is 3.21. The lowest BCUT2D eigenvalue weighted by molar-refractivity contribution is -0.123. The molecule has 3 heterocycles. The van der Waals surface area contributed by atoms with E-state index in [4.69, 9.17) is 4.74 Å². The van der Waals surface area contributed by atoms with E-state index in [-0.39, 0.29) is 18.3 Å². The molecule has 0 spiro atoms. The van der Waals surface area contributed by atoms with Crippen molar-refractivity contribution < 1.29 is 13.9 Å². The van der Waals surface area contributed by atoms with Gasteiger partial charge in [0, 0.05) is 11.4 Å². The number of hydrogen-bond acceptors (Lipinski definition) is 7. The number of benzene rings is 1. The van der Waals surface area contributed by atoms with Gasteiger partial charge in [-0.05, 0) is 35.7 Å². The Balaban J connectivity index is 1.29. The average molecular weight is 426 g/mol. The Morgan fingerprint density at radius 1 is 1.20 bits per heavy atom. The Kier molecular flexibility index (Phi) is 6.14. The number of hydrogen-bond donors (Lipinski definition) is 2. The van der Waals surface area contributed by atoms with Gasteiger partial charge in [-0.15, -0.1) is 11.3 Å². The van der Waals surface area contributed by atoms with Gasteiger partial charge in [-0.1, -0.05) is 6.07 Å². The number of aromatic nitrogens is 4. The number of fused-ring (bicyclic) bond motifs is 1. The lowest BCUT2D eigenvalue weighted by Gasteiger charge is -2.08. The third kappa shape index (κ3) is 4.90. The van der Waals surface area contributed by atoms with E-state index in [1.54, 1.807) is 22.2 Å². The smallest absolute Gasteiger partial charge is 0.258 e. The van der Waals surface area contributed by atoms with Crippen molar-refractivity contribution in [2.75, 3.05) is 18.5 Å². The van der Waals surface area contributed by atoms with Crippen LogP contribution >= 0.6 is 11.3 Å². The van der Waals surface area contributed by atoms with Crippen LogP contribution in [0, 0.1) is 5.82 Å². The fourth-order valence-corrected chi connectivity index (χ4v) is 3.46. The highest BCUT2D eigenvalue weighted by molar-refractivity contribution is 7.09. The van der Waals surface area contributed by atoms with Crippen molar-refractivity contribution in [1.82, 2.24) is 25.1 Å². The molecule has 0 saturated heterocycles. The first kappa shape index (κ1) is 19.8. The Labute approximate surface area is 175 Å². The molecule has 0 aliphatic carbocycles. The van der Waals surface area contributed by atoms with Gasteiger partial charge in [0.25, 0.3) is 5.91 Å². The van der Waals surface area contributed by atoms with Crippen LogP contribution in [-0.2, 0) is 17.9 Å². The Hall–Kier alpha value is -3.53. The van der Waals surface area contributed by atoms with Crippen LogP contribution in [0.15, 0.2) is 54.3 Å². The molecule has 2 N–H and O–H groups in total. The fraction of sp³-hybridized carbons (Fsp3) is 0.200. The second kappa shape index (κ2) is 9.31. The van der Waals surface area contributed by atoms with E-state index in [0.717, 1.165) is 11.2 Å². The molecule has 154 valence electrons. The molecule has 30 heavy (non-hydrogen) atoms. The van der Waals surface area contributed by atoms with Crippen molar-refractivity contribution in [1.29, 1.82) is 0 Å². The number of anilines is 1. The minimum atomic E-state index is -0.355. The number of thiophene rings is 1. The summed E-state index contributed by atoms with van der Waals surface area (Å²) < 4.78 is 19.9. The van der Waals surface area contributed by atoms with Crippen molar-refractivity contribution in [3.63, 3.8) is 0 Å². The molecule has 0 fully saturated rings. The number of amides is 1. The van der Waals surface area contributed by atoms with Gasteiger partial charge in [0.15, 0.2) is 12.3 Å². The first-order valence-electron chi connectivity index (χ1n) is 9.27. The van der Waals surface area contributed by atoms with Gasteiger partial charge < -0.3 is 15.4 Å². The molecule has 8 nitrogen and oxygen atoms in total. The molecule has 0 aliphatic heterocycles. The van der Waals surface area contributed by atoms with Crippen molar-refractivity contribution in [2.45, 2.75) is 13.1 Å². The number of nitrogens with zero attached hydrogens (tertiary/aromatic N) is 4. The molecule has 1 amide bonds. The maximum atomic E-state index is 12.9. The predicted octanol–water partition coefficient (Wildman–Crippen LogP) is 2.83. The molecule has 4 rings (SSSR count). The van der Waals surface area contributed by atoms with E-state index < -0.39 is 0 Å². The molecule has 0 bridgehead atoms. The molecule has 4 aromatic rings. The standard InChI is InChI=1S/C20H19FN6O2S/c21-14-3-5-15(6-4-14)29-12-18(28)22-7-8-27-20-17(11-26-27)19(24-13-25-20)23-10-16-2-1-9-30-16/h1-6,9,11,13H,7-8,10,12H2,(H,22,28)(H,23,24,25). The largest absolute Gasteiger partial charge is 0.484 e. The molecule has 10 heteroatoms. The lowest BCUT2D eigenvalue weighted by Crippen LogP contribution is -2.31. The summed E-state index contributed by atoms with van der Waals surface area (Å²) in [6.45, 7) is 1.35. The topological polar surface area (TPSA) is 94.0 Å². The third-order valence-electron chi connectivity index (χ3n) is 4.27. The summed E-state index contributed by atoms with van der Waals surface area (Å²) in [5.41, 5.74) is 0.690. The van der Waals surface area contributed by atoms with E-state index in [9.17, 15) is 9.18 Å². The van der Waals surface area contributed by atoms with Crippen LogP contribution in [0.1, 0.15) is 4.88 Å². The minimum Gasteiger partial charge on any atom is -0.484 e. The molecule has 0 unspecified atom stereocenters. The van der Waals surface area contributed by atoms with Crippen molar-refractivity contribution in [3.8, 4) is 5.75 Å². The van der Waals surface area contributed by atoms with Gasteiger partial charge >= 0.3 is 0 Å². The summed E-state index contributed by atoms with van der Waals surface area (Å²) >= 11 is 1.68. The highest BCUT2D eigenvalue weighted by atomic mass is 32.1. The van der Waals surface area contributed by atoms with Gasteiger partial charge in [-0.2, -0.15) is 5.10 Å². The molecular weight excluding hydrogens is 407 g/mol. The van der Waals surface area contributed by atoms with Gasteiger partial charge in [0.05, 0.1) is 24.7 Å². The SMILES string of the molecule is O=C(COc1ccc(F)cc1)NCCn1ncc2c(NCc3cccs3)ncnc21. The Bertz CT molecular complexity index is 1110. The number of ether oxygens (including phenoxy) is 1. The first-order chi connectivity index (χ1) is 14.7. The zero-order valence-electron chi connectivity index (χ0n) is 15.9. The van der Waals surface area contributed by atoms with E-state index in [1.807, 2.05) is 11.4 Å². The van der Waals surface area contributed by atoms with Crippen molar-refractivity contribution in [2.24, 2.45) is 0 Å². The summed E-state index contributed by atoms with van der Waals surface area (Å²) in [4.78, 5) is 21.8. The van der Waals surface area contributed by atoms with Crippen LogP contribution in [0.5, 0.6) is 5.75 Å². The molecule has 1 aromatic carbocycles. The van der Waals surface area contributed by atoms with Crippen molar-refractivity contribution >= 4 is 34.1 Å². The maximum absolute atomic E-state index is 12.9. The number of halogens is 1. The molecule has 3 aromatic heterocycles. The van der Waals surface area contributed by atoms with Crippen LogP contribution in [0.4, 0.5) is 10.2 Å². The number of rotatable bonds is 9. The fourth-order valence-electron chi connectivity index (χ4n) is 2.81. The van der Waals surface area contributed by atoms with Gasteiger partial charge in [0.2, 0.25) is 0 Å². The highest BCUT2D eigenvalue weighted by Gasteiger charge is 2.10. The van der Waals surface area contributed by atoms with Crippen LogP contribution in [0.2, 0.25) is 0 Å². The second-order valence-electron chi connectivity index (χ2n) is 6.35. The highest BCUT2D eigenvalue weighted by Crippen LogP contribution is 2.20. The Morgan fingerprint density at radius 3 is 2.87 bits per heavy atom. The van der Waals surface area contributed by atoms with Gasteiger partial charge in [0.1, 0.15) is 23.7 Å². The maximum Gasteiger partial charge on any atom is 0.258 e. The molecular formula is C20H19FN6O2S. The van der Waals surface area contributed by atoms with Crippen molar-refractivity contribution in [3.05, 3.63) is 65.0 Å². The molecule has 0 aliphatic rings. The van der Waals surface area contributed by atoms with Gasteiger partial charge in [-0.3, -0.25) is 4.79 Å². The molecule has 0 saturated carbocycles. The summed E-state index contributed by atoms with van der Waals surface area (Å²) in [5.74, 6) is 0.524. The number of carbonyl (C=O) groups excluding carboxylic acids is 1. The number of carbonyl (C=O) groups is 1. The summed E-state index contributed by atoms with van der Waals surface area (Å²) in [6, 6.07) is 9.57. The third-order valence-corrected chi connectivity index (χ3v) is 5.15. The van der Waals surface area contributed by atoms with Gasteiger partial charge in [-0.25, -0.2) is 19.0 Å². The van der Waals surface area contributed by atoms with E-state index >= 15 is 0 Å². The Morgan fingerprint density at radius 2 is 2.07 bits per heavy atom. The van der Waals surface area contributed by atoms with Crippen LogP contribution in [-0.4, -0.2) is 38.8 Å². The van der Waals surface area contributed by atoms with Crippen LogP contribution in [0.25, 0.3) is 11.0 Å². The minimum absolute atomic E-state index is 0.148. The molecule has 0 atom stereocenters. The number of nitrogens with one attached hydrogen (secondary N) is 2. The summed E-state index contributed by atoms with van der Waals surface area (Å²) in [5, 5.41) is 13.3. The molecule has 0 radical (unpaired) electrons. The van der Waals surface area contributed by atoms with E-state index in [2.05, 4.69) is 31.8 Å². The normalized spacial score (nSPS) is 10.8. The summed E-state index contributed by atoms with van der Waals surface area (Å²) in [7, 11) is 0. The monoisotopic (exact) mass is 426 g/mol. The first-order valence-corrected chi connectivity index (χ1v) is 10.1. The zero-order valence-corrected chi connectivity index (χ0v) is 16.7. The quantitative estimate of drug-likeness (QED) is 0.428. The van der Waals surface area contributed by atoms with Crippen LogP contribution < -0.4 is 15.4 Å². The van der Waals surface area contributed by atoms with E-state index in [0.29, 0.717) is 31.0 Å². The lowest BCUT2D eigenvalue weighted by atomic mass is 10.3. The second-order valence-corrected chi connectivity index (χ2v) is 7.38. The zero-order chi connectivity index (χ0) is 20.8. The predicted molar refractivity (Wildman–Crippen MR) is 112 cm³/mol.